The number of furan rings is 1. The summed E-state index contributed by atoms with van der Waals surface area (Å²) in [5, 5.41) is 32.5. The van der Waals surface area contributed by atoms with Gasteiger partial charge in [-0.3, -0.25) is 4.79 Å². The number of hydrogen-bond acceptors (Lipinski definition) is 4. The number of aliphatic carboxylic acids is 1. The number of fused-ring (bicyclic) bond motifs is 1. The molecule has 1 aromatic heterocycles. The first-order chi connectivity index (χ1) is 11.6. The molecule has 0 bridgehead atoms. The second-order valence-corrected chi connectivity index (χ2v) is 8.73. The van der Waals surface area contributed by atoms with Crippen LogP contribution in [0.2, 0.25) is 0 Å². The van der Waals surface area contributed by atoms with Gasteiger partial charge in [0.1, 0.15) is 0 Å². The molecule has 0 saturated heterocycles. The van der Waals surface area contributed by atoms with Crippen LogP contribution < -0.4 is 0 Å². The Hall–Kier alpha value is -1.33. The van der Waals surface area contributed by atoms with Gasteiger partial charge in [-0.2, -0.15) is 0 Å². The van der Waals surface area contributed by atoms with E-state index in [9.17, 15) is 20.1 Å². The van der Waals surface area contributed by atoms with Crippen molar-refractivity contribution < 1.29 is 24.5 Å². The number of aryl methyl sites for hydroxylation is 1. The first-order valence-corrected chi connectivity index (χ1v) is 9.30. The summed E-state index contributed by atoms with van der Waals surface area (Å²) in [4.78, 5) is 12.1. The fourth-order valence-corrected chi connectivity index (χ4v) is 5.97. The maximum atomic E-state index is 12.1. The minimum absolute atomic E-state index is 0.0909. The Morgan fingerprint density at radius 3 is 2.68 bits per heavy atom. The summed E-state index contributed by atoms with van der Waals surface area (Å²) in [7, 11) is 0. The van der Waals surface area contributed by atoms with Crippen molar-refractivity contribution in [3.63, 3.8) is 0 Å². The molecule has 1 heterocycles. The Kier molecular flexibility index (Phi) is 4.53. The molecule has 2 saturated carbocycles. The first kappa shape index (κ1) is 18.5. The summed E-state index contributed by atoms with van der Waals surface area (Å²) in [5.41, 5.74) is -1.61. The van der Waals surface area contributed by atoms with Gasteiger partial charge in [-0.15, -0.1) is 0 Å². The van der Waals surface area contributed by atoms with E-state index in [1.165, 1.54) is 0 Å². The molecule has 2 aliphatic carbocycles. The van der Waals surface area contributed by atoms with Crippen LogP contribution in [0.4, 0.5) is 0 Å². The maximum absolute atomic E-state index is 12.1. The van der Waals surface area contributed by atoms with E-state index in [0.717, 1.165) is 18.4 Å². The molecule has 2 aliphatic rings. The number of carboxylic acid groups (broad SMARTS) is 1. The van der Waals surface area contributed by atoms with Crippen LogP contribution in [-0.2, 0) is 11.2 Å². The van der Waals surface area contributed by atoms with Gasteiger partial charge >= 0.3 is 5.97 Å². The zero-order valence-corrected chi connectivity index (χ0v) is 15.4. The monoisotopic (exact) mass is 350 g/mol. The predicted molar refractivity (Wildman–Crippen MR) is 93.0 cm³/mol. The van der Waals surface area contributed by atoms with E-state index in [1.807, 2.05) is 19.9 Å². The van der Waals surface area contributed by atoms with E-state index < -0.39 is 34.4 Å². The molecule has 0 aromatic carbocycles. The Morgan fingerprint density at radius 2 is 2.08 bits per heavy atom. The van der Waals surface area contributed by atoms with Crippen LogP contribution in [0.1, 0.15) is 58.4 Å². The smallest absolute Gasteiger partial charge is 0.309 e. The summed E-state index contributed by atoms with van der Waals surface area (Å²) < 4.78 is 5.13. The van der Waals surface area contributed by atoms with Gasteiger partial charge < -0.3 is 19.7 Å². The molecule has 25 heavy (non-hydrogen) atoms. The van der Waals surface area contributed by atoms with Crippen LogP contribution >= 0.6 is 0 Å². The molecule has 3 rings (SSSR count). The first-order valence-electron chi connectivity index (χ1n) is 9.30. The average molecular weight is 350 g/mol. The normalized spacial score (nSPS) is 44.3. The quantitative estimate of drug-likeness (QED) is 0.775. The zero-order chi connectivity index (χ0) is 18.5. The second kappa shape index (κ2) is 6.13. The van der Waals surface area contributed by atoms with Crippen LogP contribution in [0.15, 0.2) is 23.0 Å². The minimum Gasteiger partial charge on any atom is -0.481 e. The molecule has 140 valence electrons. The van der Waals surface area contributed by atoms with Gasteiger partial charge in [0.2, 0.25) is 0 Å². The van der Waals surface area contributed by atoms with Gasteiger partial charge in [0, 0.05) is 11.3 Å². The molecule has 0 radical (unpaired) electrons. The lowest BCUT2D eigenvalue weighted by Crippen LogP contribution is -2.68. The van der Waals surface area contributed by atoms with Gasteiger partial charge in [0.15, 0.2) is 0 Å². The van der Waals surface area contributed by atoms with Crippen LogP contribution in [-0.4, -0.2) is 33.0 Å². The number of rotatable bonds is 4. The Balaban J connectivity index is 1.98. The van der Waals surface area contributed by atoms with Gasteiger partial charge in [0.05, 0.1) is 29.6 Å². The van der Waals surface area contributed by atoms with Crippen molar-refractivity contribution in [1.82, 2.24) is 0 Å². The number of hydrogen-bond donors (Lipinski definition) is 3. The second-order valence-electron chi connectivity index (χ2n) is 8.73. The third kappa shape index (κ3) is 2.63. The summed E-state index contributed by atoms with van der Waals surface area (Å²) in [6, 6.07) is 1.90. The fraction of sp³-hybridized carbons (Fsp3) is 0.750. The average Bonchev–Trinajstić information content (AvgIpc) is 3.04. The number of aliphatic hydroxyl groups excluding tert-OH is 1. The van der Waals surface area contributed by atoms with Gasteiger partial charge in [-0.25, -0.2) is 0 Å². The summed E-state index contributed by atoms with van der Waals surface area (Å²) in [6.07, 6.45) is 6.32. The lowest BCUT2D eigenvalue weighted by Gasteiger charge is -2.63. The predicted octanol–water partition coefficient (Wildman–Crippen LogP) is 3.24. The van der Waals surface area contributed by atoms with Crippen LogP contribution in [0.5, 0.6) is 0 Å². The van der Waals surface area contributed by atoms with Crippen LogP contribution in [0.3, 0.4) is 0 Å². The molecule has 6 atom stereocenters. The number of aliphatic hydroxyl groups is 2. The third-order valence-electron chi connectivity index (χ3n) is 7.41. The Bertz CT molecular complexity index is 626. The lowest BCUT2D eigenvalue weighted by atomic mass is 9.43. The van der Waals surface area contributed by atoms with Crippen molar-refractivity contribution in [3.8, 4) is 0 Å². The van der Waals surface area contributed by atoms with Gasteiger partial charge in [-0.1, -0.05) is 20.3 Å². The molecule has 3 N–H and O–H groups in total. The molecule has 1 aromatic rings. The molecule has 5 nitrogen and oxygen atoms in total. The summed E-state index contributed by atoms with van der Waals surface area (Å²) in [6.45, 7) is 5.71. The number of carboxylic acids is 1. The largest absolute Gasteiger partial charge is 0.481 e. The van der Waals surface area contributed by atoms with E-state index in [2.05, 4.69) is 0 Å². The summed E-state index contributed by atoms with van der Waals surface area (Å²) in [5.74, 6) is -1.40. The highest BCUT2D eigenvalue weighted by molar-refractivity contribution is 5.75. The highest BCUT2D eigenvalue weighted by Crippen LogP contribution is 2.63. The standard InChI is InChI=1S/C20H30O5/c1-13-11-15(21)16-18(2,17(22)23)7-4-8-19(16,3)20(13,24)9-5-14-6-10-25-12-14/h6,10,12-13,15-16,21,24H,4-5,7-9,11H2,1-3H3,(H,22,23)/t13-,15+,16-,18-,19-,20+/m0/s1. The van der Waals surface area contributed by atoms with Crippen LogP contribution in [0.25, 0.3) is 0 Å². The van der Waals surface area contributed by atoms with Crippen molar-refractivity contribution in [2.45, 2.75) is 71.0 Å². The third-order valence-corrected chi connectivity index (χ3v) is 7.41. The van der Waals surface area contributed by atoms with E-state index in [1.54, 1.807) is 19.5 Å². The lowest BCUT2D eigenvalue weighted by molar-refractivity contribution is -0.248. The van der Waals surface area contributed by atoms with Gasteiger partial charge in [0.25, 0.3) is 0 Å². The SMILES string of the molecule is C[C@H]1C[C@@H](O)[C@@H]2[C@](C)(CCC[C@]2(C)C(=O)O)[C@@]1(O)CCc1ccoc1. The minimum atomic E-state index is -1.01. The van der Waals surface area contributed by atoms with Crippen molar-refractivity contribution in [1.29, 1.82) is 0 Å². The summed E-state index contributed by atoms with van der Waals surface area (Å²) >= 11 is 0. The van der Waals surface area contributed by atoms with E-state index in [0.29, 0.717) is 25.7 Å². The Morgan fingerprint density at radius 1 is 1.36 bits per heavy atom. The van der Waals surface area contributed by atoms with E-state index in [4.69, 9.17) is 4.42 Å². The molecule has 0 unspecified atom stereocenters. The fourth-order valence-electron chi connectivity index (χ4n) is 5.97. The molecule has 5 heteroatoms. The van der Waals surface area contributed by atoms with Gasteiger partial charge in [-0.05, 0) is 56.6 Å². The van der Waals surface area contributed by atoms with Crippen molar-refractivity contribution >= 4 is 5.97 Å². The molecule has 0 spiro atoms. The van der Waals surface area contributed by atoms with E-state index >= 15 is 0 Å². The van der Waals surface area contributed by atoms with Crippen molar-refractivity contribution in [3.05, 3.63) is 24.2 Å². The Labute approximate surface area is 149 Å². The van der Waals surface area contributed by atoms with E-state index in [-0.39, 0.29) is 5.92 Å². The van der Waals surface area contributed by atoms with Crippen molar-refractivity contribution in [2.75, 3.05) is 0 Å². The molecular weight excluding hydrogens is 320 g/mol. The molecular formula is C20H30O5. The molecule has 0 amide bonds. The highest BCUT2D eigenvalue weighted by atomic mass is 16.4. The van der Waals surface area contributed by atoms with Crippen molar-refractivity contribution in [2.24, 2.45) is 22.7 Å². The van der Waals surface area contributed by atoms with Crippen LogP contribution in [0, 0.1) is 22.7 Å². The number of carbonyl (C=O) groups is 1. The zero-order valence-electron chi connectivity index (χ0n) is 15.4. The highest BCUT2D eigenvalue weighted by Gasteiger charge is 2.66. The maximum Gasteiger partial charge on any atom is 0.309 e. The molecule has 2 fully saturated rings. The molecule has 0 aliphatic heterocycles. The topological polar surface area (TPSA) is 90.9 Å².